The zero-order chi connectivity index (χ0) is 17.5. The van der Waals surface area contributed by atoms with Crippen molar-refractivity contribution in [1.29, 1.82) is 0 Å². The zero-order valence-corrected chi connectivity index (χ0v) is 14.4. The molecule has 124 valence electrons. The van der Waals surface area contributed by atoms with Crippen molar-refractivity contribution in [3.8, 4) is 10.4 Å². The first-order valence-corrected chi connectivity index (χ1v) is 8.28. The quantitative estimate of drug-likeness (QED) is 0.697. The van der Waals surface area contributed by atoms with Crippen molar-refractivity contribution >= 4 is 41.0 Å². The maximum Gasteiger partial charge on any atom is 0.506 e. The van der Waals surface area contributed by atoms with Crippen molar-refractivity contribution in [2.75, 3.05) is 0 Å². The molecule has 0 saturated heterocycles. The second-order valence-corrected chi connectivity index (χ2v) is 7.30. The molecule has 0 aliphatic rings. The monoisotopic (exact) mass is 344 g/mol. The van der Waals surface area contributed by atoms with Gasteiger partial charge >= 0.3 is 13.2 Å². The van der Waals surface area contributed by atoms with Gasteiger partial charge in [-0.25, -0.2) is 4.79 Å². The van der Waals surface area contributed by atoms with Gasteiger partial charge in [0.2, 0.25) is 0 Å². The van der Waals surface area contributed by atoms with Crippen LogP contribution in [0.15, 0.2) is 36.0 Å². The highest BCUT2D eigenvalue weighted by atomic mass is 32.1. The number of rotatable bonds is 2. The standard InChI is InChI=1S/C16H17BN2O4S/c1-16(2,3)23-15(20)19-12-9-18-8-11(13-5-4-6-24-13)10(12)7-14(19)17(21)22/h4-9,21-22H,1-3H3. The van der Waals surface area contributed by atoms with Crippen LogP contribution >= 0.6 is 11.3 Å². The van der Waals surface area contributed by atoms with Crippen LogP contribution in [0, 0.1) is 0 Å². The maximum atomic E-state index is 12.6. The molecule has 8 heteroatoms. The van der Waals surface area contributed by atoms with Crippen molar-refractivity contribution in [3.05, 3.63) is 36.0 Å². The van der Waals surface area contributed by atoms with E-state index in [9.17, 15) is 14.8 Å². The van der Waals surface area contributed by atoms with Gasteiger partial charge in [0, 0.05) is 22.0 Å². The summed E-state index contributed by atoms with van der Waals surface area (Å²) in [6.07, 6.45) is 2.54. The molecule has 0 fully saturated rings. The minimum absolute atomic E-state index is 0.0463. The lowest BCUT2D eigenvalue weighted by atomic mass is 9.86. The molecule has 0 aliphatic carbocycles. The highest BCUT2D eigenvalue weighted by molar-refractivity contribution is 7.13. The van der Waals surface area contributed by atoms with Gasteiger partial charge in [0.25, 0.3) is 0 Å². The maximum absolute atomic E-state index is 12.6. The number of carbonyl (C=O) groups excluding carboxylic acids is 1. The third kappa shape index (κ3) is 3.08. The van der Waals surface area contributed by atoms with E-state index >= 15 is 0 Å². The van der Waals surface area contributed by atoms with Crippen molar-refractivity contribution in [1.82, 2.24) is 9.55 Å². The second-order valence-electron chi connectivity index (χ2n) is 6.36. The normalized spacial score (nSPS) is 11.7. The summed E-state index contributed by atoms with van der Waals surface area (Å²) in [5, 5.41) is 22.0. The molecule has 6 nitrogen and oxygen atoms in total. The Kier molecular flexibility index (Phi) is 4.21. The Hall–Kier alpha value is -2.16. The number of fused-ring (bicyclic) bond motifs is 1. The van der Waals surface area contributed by atoms with Gasteiger partial charge in [-0.15, -0.1) is 11.3 Å². The molecule has 0 unspecified atom stereocenters. The van der Waals surface area contributed by atoms with Gasteiger partial charge in [0.05, 0.1) is 17.3 Å². The average molecular weight is 344 g/mol. The first-order chi connectivity index (χ1) is 11.3. The van der Waals surface area contributed by atoms with E-state index in [1.54, 1.807) is 44.4 Å². The molecule has 3 rings (SSSR count). The lowest BCUT2D eigenvalue weighted by Crippen LogP contribution is -2.41. The molecule has 0 amide bonds. The van der Waals surface area contributed by atoms with Crippen LogP contribution in [0.2, 0.25) is 0 Å². The van der Waals surface area contributed by atoms with Crippen molar-refractivity contribution in [2.24, 2.45) is 0 Å². The van der Waals surface area contributed by atoms with E-state index in [4.69, 9.17) is 4.74 Å². The van der Waals surface area contributed by atoms with E-state index in [2.05, 4.69) is 4.98 Å². The Bertz CT molecular complexity index is 881. The Morgan fingerprint density at radius 2 is 2.08 bits per heavy atom. The zero-order valence-electron chi connectivity index (χ0n) is 13.6. The van der Waals surface area contributed by atoms with Crippen LogP contribution in [0.5, 0.6) is 0 Å². The van der Waals surface area contributed by atoms with Crippen molar-refractivity contribution < 1.29 is 19.6 Å². The Labute approximate surface area is 143 Å². The molecular formula is C16H17BN2O4S. The summed E-state index contributed by atoms with van der Waals surface area (Å²) >= 11 is 1.54. The molecule has 0 saturated carbocycles. The van der Waals surface area contributed by atoms with E-state index in [0.717, 1.165) is 15.0 Å². The predicted molar refractivity (Wildman–Crippen MR) is 94.5 cm³/mol. The number of aromatic nitrogens is 2. The number of thiophene rings is 1. The van der Waals surface area contributed by atoms with E-state index < -0.39 is 18.8 Å². The molecule has 3 aromatic heterocycles. The molecule has 0 radical (unpaired) electrons. The topological polar surface area (TPSA) is 84.6 Å². The lowest BCUT2D eigenvalue weighted by Gasteiger charge is -2.20. The highest BCUT2D eigenvalue weighted by Crippen LogP contribution is 2.31. The summed E-state index contributed by atoms with van der Waals surface area (Å²) in [6.45, 7) is 5.25. The molecular weight excluding hydrogens is 327 g/mol. The number of ether oxygens (including phenoxy) is 1. The SMILES string of the molecule is CC(C)(C)OC(=O)n1c(B(O)O)cc2c(-c3cccs3)cncc21. The fourth-order valence-corrected chi connectivity index (χ4v) is 3.22. The van der Waals surface area contributed by atoms with Crippen LogP contribution in [-0.2, 0) is 4.74 Å². The summed E-state index contributed by atoms with van der Waals surface area (Å²) in [5.74, 6) is 0. The third-order valence-electron chi connectivity index (χ3n) is 3.39. The summed E-state index contributed by atoms with van der Waals surface area (Å²) in [7, 11) is -1.80. The molecule has 24 heavy (non-hydrogen) atoms. The minimum Gasteiger partial charge on any atom is -0.443 e. The van der Waals surface area contributed by atoms with Crippen LogP contribution < -0.4 is 5.59 Å². The van der Waals surface area contributed by atoms with Gasteiger partial charge in [-0.3, -0.25) is 9.55 Å². The van der Waals surface area contributed by atoms with Gasteiger partial charge < -0.3 is 14.8 Å². The predicted octanol–water partition coefficient (Wildman–Crippen LogP) is 2.23. The molecule has 2 N–H and O–H groups in total. The summed E-state index contributed by atoms with van der Waals surface area (Å²) < 4.78 is 6.55. The number of nitrogens with zero attached hydrogens (tertiary/aromatic N) is 2. The molecule has 0 bridgehead atoms. The van der Waals surface area contributed by atoms with Crippen LogP contribution in [-0.4, -0.2) is 38.4 Å². The molecule has 0 spiro atoms. The fourth-order valence-electron chi connectivity index (χ4n) is 2.47. The van der Waals surface area contributed by atoms with Crippen LogP contribution in [0.3, 0.4) is 0 Å². The van der Waals surface area contributed by atoms with Crippen molar-refractivity contribution in [3.63, 3.8) is 0 Å². The molecule has 0 aromatic carbocycles. The number of carbonyl (C=O) groups is 1. The molecule has 3 heterocycles. The van der Waals surface area contributed by atoms with Gasteiger partial charge in [-0.2, -0.15) is 0 Å². The van der Waals surface area contributed by atoms with E-state index in [1.165, 1.54) is 6.20 Å². The van der Waals surface area contributed by atoms with E-state index in [0.29, 0.717) is 10.9 Å². The first-order valence-electron chi connectivity index (χ1n) is 7.40. The number of hydrogen-bond donors (Lipinski definition) is 2. The van der Waals surface area contributed by atoms with Crippen LogP contribution in [0.4, 0.5) is 4.79 Å². The highest BCUT2D eigenvalue weighted by Gasteiger charge is 2.28. The van der Waals surface area contributed by atoms with Crippen LogP contribution in [0.1, 0.15) is 20.8 Å². The second kappa shape index (κ2) is 6.05. The minimum atomic E-state index is -1.80. The molecule has 0 aliphatic heterocycles. The summed E-state index contributed by atoms with van der Waals surface area (Å²) in [6, 6.07) is 5.45. The van der Waals surface area contributed by atoms with Gasteiger partial charge in [0.15, 0.2) is 0 Å². The first kappa shape index (κ1) is 16.7. The average Bonchev–Trinajstić information content (AvgIpc) is 3.12. The fraction of sp³-hybridized carbons (Fsp3) is 0.250. The van der Waals surface area contributed by atoms with E-state index in [-0.39, 0.29) is 5.59 Å². The summed E-state index contributed by atoms with van der Waals surface area (Å²) in [4.78, 5) is 17.7. The lowest BCUT2D eigenvalue weighted by molar-refractivity contribution is 0.0547. The largest absolute Gasteiger partial charge is 0.506 e. The Morgan fingerprint density at radius 1 is 1.33 bits per heavy atom. The Balaban J connectivity index is 2.23. The summed E-state index contributed by atoms with van der Waals surface area (Å²) in [5.41, 5.74) is 0.638. The van der Waals surface area contributed by atoms with E-state index in [1.807, 2.05) is 17.5 Å². The van der Waals surface area contributed by atoms with Gasteiger partial charge in [-0.05, 0) is 38.3 Å². The van der Waals surface area contributed by atoms with Crippen molar-refractivity contribution in [2.45, 2.75) is 26.4 Å². The Morgan fingerprint density at radius 3 is 2.67 bits per heavy atom. The number of pyridine rings is 1. The molecule has 3 aromatic rings. The number of hydrogen-bond acceptors (Lipinski definition) is 6. The van der Waals surface area contributed by atoms with Gasteiger partial charge in [-0.1, -0.05) is 6.07 Å². The van der Waals surface area contributed by atoms with Crippen LogP contribution in [0.25, 0.3) is 21.3 Å². The smallest absolute Gasteiger partial charge is 0.443 e. The third-order valence-corrected chi connectivity index (χ3v) is 4.29. The van der Waals surface area contributed by atoms with Gasteiger partial charge in [0.1, 0.15) is 5.60 Å². The molecule has 0 atom stereocenters.